The van der Waals surface area contributed by atoms with Crippen molar-refractivity contribution in [1.29, 1.82) is 0 Å². The Morgan fingerprint density at radius 3 is 2.71 bits per heavy atom. The number of nitrogens with zero attached hydrogens (tertiary/aromatic N) is 6. The van der Waals surface area contributed by atoms with Crippen LogP contribution < -0.4 is 4.90 Å². The van der Waals surface area contributed by atoms with Gasteiger partial charge in [0, 0.05) is 55.0 Å². The van der Waals surface area contributed by atoms with E-state index >= 15 is 4.39 Å². The van der Waals surface area contributed by atoms with Crippen LogP contribution in [-0.2, 0) is 18.3 Å². The molecule has 0 spiro atoms. The topological polar surface area (TPSA) is 76.4 Å². The first-order valence-corrected chi connectivity index (χ1v) is 14.7. The first-order valence-electron chi connectivity index (χ1n) is 14.7. The Hall–Kier alpha value is -3.69. The molecule has 0 bridgehead atoms. The summed E-state index contributed by atoms with van der Waals surface area (Å²) < 4.78 is 23.0. The van der Waals surface area contributed by atoms with Gasteiger partial charge in [-0.3, -0.25) is 14.6 Å². The second-order valence-corrected chi connectivity index (χ2v) is 12.3. The van der Waals surface area contributed by atoms with Gasteiger partial charge in [0.2, 0.25) is 0 Å². The van der Waals surface area contributed by atoms with Crippen molar-refractivity contribution < 1.29 is 13.9 Å². The Labute approximate surface area is 238 Å². The van der Waals surface area contributed by atoms with Gasteiger partial charge in [0.05, 0.1) is 24.0 Å². The van der Waals surface area contributed by atoms with Crippen molar-refractivity contribution in [3.63, 3.8) is 0 Å². The minimum absolute atomic E-state index is 0.0950. The molecule has 4 heterocycles. The van der Waals surface area contributed by atoms with Crippen molar-refractivity contribution in [2.45, 2.75) is 57.1 Å². The summed E-state index contributed by atoms with van der Waals surface area (Å²) >= 11 is 0. The molecule has 4 aromatic rings. The Morgan fingerprint density at radius 2 is 1.98 bits per heavy atom. The minimum Gasteiger partial charge on any atom is -0.376 e. The average Bonchev–Trinajstić information content (AvgIpc) is 3.89. The molecule has 8 rings (SSSR count). The van der Waals surface area contributed by atoms with Crippen molar-refractivity contribution in [2.24, 2.45) is 13.0 Å². The van der Waals surface area contributed by atoms with Crippen LogP contribution in [-0.4, -0.2) is 56.4 Å². The largest absolute Gasteiger partial charge is 0.376 e. The van der Waals surface area contributed by atoms with Crippen molar-refractivity contribution in [3.05, 3.63) is 76.8 Å². The number of carbonyl (C=O) groups is 1. The van der Waals surface area contributed by atoms with Gasteiger partial charge in [-0.05, 0) is 86.1 Å². The fourth-order valence-corrected chi connectivity index (χ4v) is 6.76. The fourth-order valence-electron chi connectivity index (χ4n) is 6.76. The van der Waals surface area contributed by atoms with E-state index in [2.05, 4.69) is 34.2 Å². The molecule has 2 aliphatic carbocycles. The van der Waals surface area contributed by atoms with E-state index in [9.17, 15) is 4.79 Å². The molecule has 210 valence electrons. The van der Waals surface area contributed by atoms with Crippen LogP contribution in [0.15, 0.2) is 42.7 Å². The first-order chi connectivity index (χ1) is 19.9. The molecule has 4 aliphatic rings. The summed E-state index contributed by atoms with van der Waals surface area (Å²) in [7, 11) is 1.99. The van der Waals surface area contributed by atoms with Crippen LogP contribution in [0.25, 0.3) is 10.8 Å². The predicted molar refractivity (Wildman–Crippen MR) is 153 cm³/mol. The lowest BCUT2D eigenvalue weighted by Gasteiger charge is -2.31. The molecule has 2 aromatic heterocycles. The number of ether oxygens (including phenoxy) is 1. The molecule has 0 N–H and O–H groups in total. The lowest BCUT2D eigenvalue weighted by Crippen LogP contribution is -2.40. The highest BCUT2D eigenvalue weighted by atomic mass is 19.1. The van der Waals surface area contributed by atoms with Crippen LogP contribution in [0.2, 0.25) is 0 Å². The number of aryl methyl sites for hydroxylation is 1. The average molecular weight is 553 g/mol. The van der Waals surface area contributed by atoms with Gasteiger partial charge in [-0.2, -0.15) is 0 Å². The van der Waals surface area contributed by atoms with E-state index < -0.39 is 0 Å². The molecule has 0 unspecified atom stereocenters. The van der Waals surface area contributed by atoms with Gasteiger partial charge in [-0.1, -0.05) is 0 Å². The van der Waals surface area contributed by atoms with Crippen molar-refractivity contribution in [2.75, 3.05) is 24.6 Å². The lowest BCUT2D eigenvalue weighted by molar-refractivity contribution is -0.0212. The van der Waals surface area contributed by atoms with Gasteiger partial charge >= 0.3 is 0 Å². The SMILES string of the molecule is C[C@@H]1CN(Cc2cc3c4c(ccc(F)c4c2)N(c2cc([C@@H](c4nncn4C)C4CC4)cc(C4CC4)n2)C3=O)CCO1. The van der Waals surface area contributed by atoms with Crippen LogP contribution in [0.3, 0.4) is 0 Å². The van der Waals surface area contributed by atoms with Gasteiger partial charge < -0.3 is 9.30 Å². The summed E-state index contributed by atoms with van der Waals surface area (Å²) in [5.41, 5.74) is 4.32. The minimum atomic E-state index is -0.312. The third-order valence-electron chi connectivity index (χ3n) is 9.06. The molecule has 2 saturated carbocycles. The number of rotatable bonds is 7. The van der Waals surface area contributed by atoms with E-state index in [0.29, 0.717) is 52.8 Å². The van der Waals surface area contributed by atoms with Crippen molar-refractivity contribution in [3.8, 4) is 0 Å². The van der Waals surface area contributed by atoms with Gasteiger partial charge in [0.15, 0.2) is 0 Å². The number of benzene rings is 2. The Bertz CT molecular complexity index is 1690. The molecule has 1 saturated heterocycles. The number of hydrogen-bond acceptors (Lipinski definition) is 6. The summed E-state index contributed by atoms with van der Waals surface area (Å²) in [6, 6.07) is 11.3. The van der Waals surface area contributed by atoms with Gasteiger partial charge in [0.25, 0.3) is 5.91 Å². The zero-order chi connectivity index (χ0) is 27.8. The Balaban J connectivity index is 1.22. The number of morpholine rings is 1. The molecule has 3 fully saturated rings. The predicted octanol–water partition coefficient (Wildman–Crippen LogP) is 5.43. The van der Waals surface area contributed by atoms with E-state index in [-0.39, 0.29) is 23.7 Å². The number of anilines is 2. The smallest absolute Gasteiger partial charge is 0.264 e. The monoisotopic (exact) mass is 552 g/mol. The van der Waals surface area contributed by atoms with Crippen molar-refractivity contribution in [1.82, 2.24) is 24.6 Å². The van der Waals surface area contributed by atoms with Crippen LogP contribution in [0.4, 0.5) is 15.9 Å². The molecule has 9 heteroatoms. The molecule has 1 amide bonds. The maximum atomic E-state index is 15.3. The number of aromatic nitrogens is 4. The van der Waals surface area contributed by atoms with Gasteiger partial charge in [-0.15, -0.1) is 10.2 Å². The third-order valence-corrected chi connectivity index (χ3v) is 9.06. The third kappa shape index (κ3) is 4.33. The van der Waals surface area contributed by atoms with Crippen LogP contribution in [0, 0.1) is 11.7 Å². The highest BCUT2D eigenvalue weighted by Crippen LogP contribution is 2.49. The number of pyridine rings is 1. The summed E-state index contributed by atoms with van der Waals surface area (Å²) in [6.45, 7) is 5.01. The summed E-state index contributed by atoms with van der Waals surface area (Å²) in [6.07, 6.45) is 6.40. The van der Waals surface area contributed by atoms with Crippen molar-refractivity contribution >= 4 is 28.2 Å². The highest BCUT2D eigenvalue weighted by molar-refractivity contribution is 6.27. The number of halogens is 1. The van der Waals surface area contributed by atoms with E-state index in [1.165, 1.54) is 6.07 Å². The normalized spacial score (nSPS) is 21.7. The summed E-state index contributed by atoms with van der Waals surface area (Å²) in [5.74, 6) is 2.08. The van der Waals surface area contributed by atoms with E-state index in [4.69, 9.17) is 9.72 Å². The van der Waals surface area contributed by atoms with E-state index in [0.717, 1.165) is 61.4 Å². The molecule has 8 nitrogen and oxygen atoms in total. The molecule has 0 radical (unpaired) electrons. The van der Waals surface area contributed by atoms with Gasteiger partial charge in [0.1, 0.15) is 23.8 Å². The highest BCUT2D eigenvalue weighted by Gasteiger charge is 2.39. The Kier molecular flexibility index (Phi) is 5.76. The second kappa shape index (κ2) is 9.42. The number of hydrogen-bond donors (Lipinski definition) is 0. The first kappa shape index (κ1) is 25.1. The number of carbonyl (C=O) groups excluding carboxylic acids is 1. The maximum Gasteiger partial charge on any atom is 0.264 e. The molecule has 2 aliphatic heterocycles. The van der Waals surface area contributed by atoms with Crippen LogP contribution in [0.1, 0.15) is 77.4 Å². The van der Waals surface area contributed by atoms with Crippen LogP contribution >= 0.6 is 0 Å². The second-order valence-electron chi connectivity index (χ2n) is 12.3. The van der Waals surface area contributed by atoms with Gasteiger partial charge in [-0.25, -0.2) is 9.37 Å². The summed E-state index contributed by atoms with van der Waals surface area (Å²) in [5, 5.41) is 9.80. The fraction of sp³-hybridized carbons (Fsp3) is 0.438. The molecular weight excluding hydrogens is 519 g/mol. The molecule has 2 aromatic carbocycles. The van der Waals surface area contributed by atoms with E-state index in [1.807, 2.05) is 23.7 Å². The van der Waals surface area contributed by atoms with Crippen LogP contribution in [0.5, 0.6) is 0 Å². The Morgan fingerprint density at radius 1 is 1.12 bits per heavy atom. The number of amides is 1. The lowest BCUT2D eigenvalue weighted by atomic mass is 9.92. The maximum absolute atomic E-state index is 15.3. The quantitative estimate of drug-likeness (QED) is 0.304. The molecular formula is C32H33FN6O2. The zero-order valence-corrected chi connectivity index (χ0v) is 23.4. The zero-order valence-electron chi connectivity index (χ0n) is 23.4. The standard InChI is InChI=1S/C32H33FN6O2/c1-18-15-38(9-10-41-18)16-19-11-23-25(33)7-8-27-30(23)24(12-19)32(40)39(27)28-14-22(13-26(35-28)20-3-4-20)29(21-5-6-21)31-36-34-17-37(31)2/h7-8,11-14,17-18,20-21,29H,3-6,9-10,15-16H2,1-2H3/t18-,29+/m1/s1. The van der Waals surface area contributed by atoms with E-state index in [1.54, 1.807) is 17.3 Å². The summed E-state index contributed by atoms with van der Waals surface area (Å²) in [4.78, 5) is 23.3. The molecule has 41 heavy (non-hydrogen) atoms. The molecule has 2 atom stereocenters.